The maximum atomic E-state index is 11.9. The van der Waals surface area contributed by atoms with Crippen LogP contribution in [-0.4, -0.2) is 39.7 Å². The first kappa shape index (κ1) is 21.4. The van der Waals surface area contributed by atoms with E-state index in [1.807, 2.05) is 36.4 Å². The van der Waals surface area contributed by atoms with Crippen LogP contribution in [-0.2, 0) is 11.2 Å². The van der Waals surface area contributed by atoms with Crippen molar-refractivity contribution in [2.75, 3.05) is 6.54 Å². The van der Waals surface area contributed by atoms with Gasteiger partial charge in [0.1, 0.15) is 5.03 Å². The summed E-state index contributed by atoms with van der Waals surface area (Å²) in [5.74, 6) is -2.76. The maximum Gasteiger partial charge on any atom is 0.490 e. The zero-order valence-corrected chi connectivity index (χ0v) is 16.2. The summed E-state index contributed by atoms with van der Waals surface area (Å²) in [6.45, 7) is 0.692. The highest BCUT2D eigenvalue weighted by atomic mass is 32.2. The van der Waals surface area contributed by atoms with Gasteiger partial charge in [-0.05, 0) is 30.3 Å². The zero-order valence-electron chi connectivity index (χ0n) is 15.4. The third-order valence-corrected chi connectivity index (χ3v) is 5.00. The number of aromatic nitrogens is 2. The number of nitrogens with zero attached hydrogens (tertiary/aromatic N) is 1. The Balaban J connectivity index is 0.000000318. The first-order valence-electron chi connectivity index (χ1n) is 8.73. The Kier molecular flexibility index (Phi) is 6.46. The molecule has 0 radical (unpaired) electrons. The van der Waals surface area contributed by atoms with Crippen LogP contribution in [0.1, 0.15) is 16.1 Å². The number of carbonyl (C=O) groups excluding carboxylic acids is 1. The lowest BCUT2D eigenvalue weighted by Gasteiger charge is -2.10. The third-order valence-electron chi connectivity index (χ3n) is 4.06. The molecule has 4 rings (SSSR count). The number of carboxylic acid groups (broad SMARTS) is 1. The van der Waals surface area contributed by atoms with Crippen LogP contribution in [0.15, 0.2) is 64.6 Å². The van der Waals surface area contributed by atoms with E-state index < -0.39 is 12.1 Å². The Morgan fingerprint density at radius 2 is 1.83 bits per heavy atom. The van der Waals surface area contributed by atoms with Crippen LogP contribution < -0.4 is 5.32 Å². The number of rotatable bonds is 3. The summed E-state index contributed by atoms with van der Waals surface area (Å²) >= 11 is 1.63. The van der Waals surface area contributed by atoms with Gasteiger partial charge in [-0.2, -0.15) is 13.2 Å². The molecule has 0 unspecified atom stereocenters. The number of halogens is 3. The van der Waals surface area contributed by atoms with E-state index in [0.29, 0.717) is 6.54 Å². The molecule has 1 amide bonds. The molecule has 3 aromatic rings. The molecular weight excluding hydrogens is 419 g/mol. The predicted octanol–water partition coefficient (Wildman–Crippen LogP) is 4.15. The highest BCUT2D eigenvalue weighted by Crippen LogP contribution is 2.30. The van der Waals surface area contributed by atoms with E-state index in [1.54, 1.807) is 18.0 Å². The lowest BCUT2D eigenvalue weighted by molar-refractivity contribution is -0.192. The normalized spacial score (nSPS) is 13.0. The summed E-state index contributed by atoms with van der Waals surface area (Å²) in [5, 5.41) is 10.9. The van der Waals surface area contributed by atoms with E-state index >= 15 is 0 Å². The number of aromatic amines is 1. The second-order valence-corrected chi connectivity index (χ2v) is 7.28. The van der Waals surface area contributed by atoms with E-state index in [4.69, 9.17) is 9.90 Å². The number of carbonyl (C=O) groups is 2. The zero-order chi connectivity index (χ0) is 21.7. The summed E-state index contributed by atoms with van der Waals surface area (Å²) < 4.78 is 31.7. The van der Waals surface area contributed by atoms with Gasteiger partial charge in [-0.1, -0.05) is 30.0 Å². The third kappa shape index (κ3) is 5.41. The Bertz CT molecular complexity index is 1050. The summed E-state index contributed by atoms with van der Waals surface area (Å²) in [7, 11) is 0. The summed E-state index contributed by atoms with van der Waals surface area (Å²) in [6.07, 6.45) is -2.43. The highest BCUT2D eigenvalue weighted by Gasteiger charge is 2.38. The van der Waals surface area contributed by atoms with Crippen LogP contribution in [0, 0.1) is 0 Å². The Morgan fingerprint density at radius 3 is 2.47 bits per heavy atom. The monoisotopic (exact) mass is 435 g/mol. The maximum absolute atomic E-state index is 11.9. The first-order valence-corrected chi connectivity index (χ1v) is 9.55. The summed E-state index contributed by atoms with van der Waals surface area (Å²) in [5.41, 5.74) is 3.77. The predicted molar refractivity (Wildman–Crippen MR) is 104 cm³/mol. The molecule has 0 fully saturated rings. The molecule has 0 saturated heterocycles. The van der Waals surface area contributed by atoms with Crippen LogP contribution >= 0.6 is 11.8 Å². The van der Waals surface area contributed by atoms with Crippen molar-refractivity contribution in [3.05, 3.63) is 66.0 Å². The molecule has 1 aliphatic heterocycles. The van der Waals surface area contributed by atoms with E-state index in [1.165, 1.54) is 0 Å². The number of amides is 1. The van der Waals surface area contributed by atoms with Crippen molar-refractivity contribution in [1.29, 1.82) is 0 Å². The molecule has 10 heteroatoms. The fraction of sp³-hybridized carbons (Fsp3) is 0.150. The number of hydrogen-bond donors (Lipinski definition) is 3. The van der Waals surface area contributed by atoms with Gasteiger partial charge in [-0.25, -0.2) is 9.78 Å². The standard InChI is InChI=1S/C18H15N3OS.C2HF3O2/c22-18-14-11-16(21-15(14)7-9-20-18)12-6-8-19-17(10-12)23-13-4-2-1-3-5-13;3-2(4,5)1(6)7/h1-6,8,10-11,21H,7,9H2,(H,20,22);(H,6,7). The summed E-state index contributed by atoms with van der Waals surface area (Å²) in [6, 6.07) is 16.1. The van der Waals surface area contributed by atoms with Crippen LogP contribution in [0.2, 0.25) is 0 Å². The number of H-pyrrole nitrogens is 1. The van der Waals surface area contributed by atoms with Crippen LogP contribution in [0.25, 0.3) is 11.3 Å². The largest absolute Gasteiger partial charge is 0.490 e. The second-order valence-electron chi connectivity index (χ2n) is 6.18. The fourth-order valence-electron chi connectivity index (χ4n) is 2.69. The number of nitrogens with one attached hydrogen (secondary N) is 2. The van der Waals surface area contributed by atoms with Crippen molar-refractivity contribution >= 4 is 23.6 Å². The van der Waals surface area contributed by atoms with E-state index in [9.17, 15) is 18.0 Å². The molecule has 3 heterocycles. The number of benzene rings is 1. The molecule has 30 heavy (non-hydrogen) atoms. The molecule has 0 saturated carbocycles. The minimum absolute atomic E-state index is 0.00156. The van der Waals surface area contributed by atoms with Crippen LogP contribution in [0.5, 0.6) is 0 Å². The van der Waals surface area contributed by atoms with Gasteiger partial charge in [-0.3, -0.25) is 4.79 Å². The molecule has 156 valence electrons. The smallest absolute Gasteiger partial charge is 0.475 e. The molecule has 1 aromatic carbocycles. The average Bonchev–Trinajstić information content (AvgIpc) is 3.15. The molecular formula is C20H16F3N3O3S. The summed E-state index contributed by atoms with van der Waals surface area (Å²) in [4.78, 5) is 29.7. The number of carboxylic acids is 1. The lowest BCUT2D eigenvalue weighted by Crippen LogP contribution is -2.31. The minimum atomic E-state index is -5.08. The van der Waals surface area contributed by atoms with E-state index in [0.717, 1.165) is 38.9 Å². The number of pyridine rings is 1. The Morgan fingerprint density at radius 1 is 1.13 bits per heavy atom. The van der Waals surface area contributed by atoms with Crippen molar-refractivity contribution in [3.8, 4) is 11.3 Å². The van der Waals surface area contributed by atoms with Crippen molar-refractivity contribution in [1.82, 2.24) is 15.3 Å². The molecule has 6 nitrogen and oxygen atoms in total. The molecule has 0 atom stereocenters. The SMILES string of the molecule is O=C(O)C(F)(F)F.O=C1NCCc2[nH]c(-c3ccnc(Sc4ccccc4)c3)cc21. The van der Waals surface area contributed by atoms with Gasteiger partial charge >= 0.3 is 12.1 Å². The van der Waals surface area contributed by atoms with Gasteiger partial charge in [0.15, 0.2) is 0 Å². The molecule has 0 aliphatic carbocycles. The Labute approximate surface area is 173 Å². The van der Waals surface area contributed by atoms with E-state index in [-0.39, 0.29) is 5.91 Å². The van der Waals surface area contributed by atoms with Crippen molar-refractivity contribution < 1.29 is 27.9 Å². The Hall–Kier alpha value is -3.27. The number of alkyl halides is 3. The van der Waals surface area contributed by atoms with Crippen molar-refractivity contribution in [3.63, 3.8) is 0 Å². The first-order chi connectivity index (χ1) is 14.2. The number of fused-ring (bicyclic) bond motifs is 1. The van der Waals surface area contributed by atoms with E-state index in [2.05, 4.69) is 27.4 Å². The van der Waals surface area contributed by atoms with Gasteiger partial charge in [0.2, 0.25) is 0 Å². The van der Waals surface area contributed by atoms with Gasteiger partial charge in [-0.15, -0.1) is 0 Å². The quantitative estimate of drug-likeness (QED) is 0.575. The second kappa shape index (κ2) is 9.04. The van der Waals surface area contributed by atoms with Gasteiger partial charge < -0.3 is 15.4 Å². The lowest BCUT2D eigenvalue weighted by atomic mass is 10.1. The van der Waals surface area contributed by atoms with Gasteiger partial charge in [0.05, 0.1) is 5.56 Å². The number of hydrogen-bond acceptors (Lipinski definition) is 4. The fourth-order valence-corrected chi connectivity index (χ4v) is 3.53. The highest BCUT2D eigenvalue weighted by molar-refractivity contribution is 7.99. The van der Waals surface area contributed by atoms with Gasteiger partial charge in [0, 0.05) is 41.0 Å². The molecule has 2 aromatic heterocycles. The van der Waals surface area contributed by atoms with Crippen molar-refractivity contribution in [2.24, 2.45) is 0 Å². The van der Waals surface area contributed by atoms with Gasteiger partial charge in [0.25, 0.3) is 5.91 Å². The molecule has 0 spiro atoms. The number of aliphatic carboxylic acids is 1. The molecule has 3 N–H and O–H groups in total. The van der Waals surface area contributed by atoms with Crippen LogP contribution in [0.4, 0.5) is 13.2 Å². The van der Waals surface area contributed by atoms with Crippen molar-refractivity contribution in [2.45, 2.75) is 22.5 Å². The molecule has 1 aliphatic rings. The topological polar surface area (TPSA) is 95.1 Å². The minimum Gasteiger partial charge on any atom is -0.475 e. The van der Waals surface area contributed by atoms with Crippen LogP contribution in [0.3, 0.4) is 0 Å². The molecule has 0 bridgehead atoms. The average molecular weight is 435 g/mol.